The van der Waals surface area contributed by atoms with E-state index in [9.17, 15) is 13.2 Å². The van der Waals surface area contributed by atoms with Crippen molar-refractivity contribution >= 4 is 38.9 Å². The minimum atomic E-state index is -3.68. The summed E-state index contributed by atoms with van der Waals surface area (Å²) >= 11 is 6.18. The molecular weight excluding hydrogens is 398 g/mol. The fraction of sp³-hybridized carbons (Fsp3) is 0.350. The lowest BCUT2D eigenvalue weighted by Crippen LogP contribution is -2.30. The molecule has 6 nitrogen and oxygen atoms in total. The molecule has 2 aromatic rings. The second-order valence-electron chi connectivity index (χ2n) is 6.25. The van der Waals surface area contributed by atoms with E-state index in [2.05, 4.69) is 5.32 Å². The van der Waals surface area contributed by atoms with Crippen LogP contribution in [-0.2, 0) is 10.0 Å². The van der Waals surface area contributed by atoms with Crippen LogP contribution in [0.2, 0.25) is 5.02 Å². The van der Waals surface area contributed by atoms with Crippen LogP contribution < -0.4 is 10.2 Å². The van der Waals surface area contributed by atoms with Gasteiger partial charge in [-0.05, 0) is 43.3 Å². The summed E-state index contributed by atoms with van der Waals surface area (Å²) in [5.74, 6) is -0.460. The number of amides is 1. The molecule has 2 aromatic carbocycles. The molecule has 28 heavy (non-hydrogen) atoms. The minimum absolute atomic E-state index is 0.0465. The number of sulfonamides is 1. The van der Waals surface area contributed by atoms with Crippen molar-refractivity contribution in [1.29, 1.82) is 0 Å². The summed E-state index contributed by atoms with van der Waals surface area (Å²) < 4.78 is 26.8. The van der Waals surface area contributed by atoms with E-state index >= 15 is 0 Å². The summed E-state index contributed by atoms with van der Waals surface area (Å²) in [7, 11) is -1.72. The van der Waals surface area contributed by atoms with Gasteiger partial charge in [0.05, 0.1) is 15.5 Å². The Balaban J connectivity index is 2.34. The van der Waals surface area contributed by atoms with E-state index in [1.807, 2.05) is 37.1 Å². The topological polar surface area (TPSA) is 69.7 Å². The average Bonchev–Trinajstić information content (AvgIpc) is 2.68. The zero-order valence-corrected chi connectivity index (χ0v) is 18.1. The van der Waals surface area contributed by atoms with Crippen molar-refractivity contribution in [3.8, 4) is 0 Å². The number of hydrogen-bond acceptors (Lipinski definition) is 4. The lowest BCUT2D eigenvalue weighted by molar-refractivity contribution is 0.102. The van der Waals surface area contributed by atoms with Crippen LogP contribution in [0.5, 0.6) is 0 Å². The number of carbonyl (C=O) groups excluding carboxylic acids is 1. The van der Waals surface area contributed by atoms with Crippen molar-refractivity contribution in [2.45, 2.75) is 25.7 Å². The van der Waals surface area contributed by atoms with Gasteiger partial charge in [-0.2, -0.15) is 4.31 Å². The van der Waals surface area contributed by atoms with Crippen molar-refractivity contribution < 1.29 is 13.2 Å². The van der Waals surface area contributed by atoms with E-state index in [1.165, 1.54) is 22.5 Å². The third kappa shape index (κ3) is 4.84. The van der Waals surface area contributed by atoms with Gasteiger partial charge < -0.3 is 10.2 Å². The van der Waals surface area contributed by atoms with Crippen LogP contribution in [0.1, 0.15) is 31.1 Å². The molecule has 0 aromatic heterocycles. The predicted molar refractivity (Wildman–Crippen MR) is 115 cm³/mol. The Kier molecular flexibility index (Phi) is 7.46. The number of nitrogens with one attached hydrogen (secondary N) is 1. The molecule has 0 atom stereocenters. The Bertz CT molecular complexity index is 943. The first kappa shape index (κ1) is 22.2. The van der Waals surface area contributed by atoms with Crippen LogP contribution >= 0.6 is 11.6 Å². The SMILES string of the molecule is CCN(C)c1cccc(NC(=O)c2cc(S(=O)(=O)N(CC)CC)ccc2Cl)c1. The quantitative estimate of drug-likeness (QED) is 0.694. The number of halogens is 1. The number of nitrogens with zero attached hydrogens (tertiary/aromatic N) is 2. The first-order chi connectivity index (χ1) is 13.2. The van der Waals surface area contributed by atoms with Crippen molar-refractivity contribution in [1.82, 2.24) is 4.31 Å². The van der Waals surface area contributed by atoms with Gasteiger partial charge in [0.2, 0.25) is 10.0 Å². The zero-order chi connectivity index (χ0) is 20.9. The molecule has 0 aliphatic heterocycles. The summed E-state index contributed by atoms with van der Waals surface area (Å²) in [6.45, 7) is 7.10. The molecule has 0 spiro atoms. The maximum atomic E-state index is 12.8. The molecule has 0 fully saturated rings. The van der Waals surface area contributed by atoms with Crippen molar-refractivity contribution in [3.63, 3.8) is 0 Å². The minimum Gasteiger partial charge on any atom is -0.375 e. The molecular formula is C20H26ClN3O3S. The van der Waals surface area contributed by atoms with E-state index in [-0.39, 0.29) is 15.5 Å². The zero-order valence-electron chi connectivity index (χ0n) is 16.6. The van der Waals surface area contributed by atoms with Crippen molar-refractivity contribution in [2.24, 2.45) is 0 Å². The number of carbonyl (C=O) groups is 1. The molecule has 0 saturated carbocycles. The summed E-state index contributed by atoms with van der Waals surface area (Å²) in [5.41, 5.74) is 1.68. The highest BCUT2D eigenvalue weighted by Gasteiger charge is 2.24. The van der Waals surface area contributed by atoms with Gasteiger partial charge in [0.1, 0.15) is 0 Å². The molecule has 0 aliphatic carbocycles. The molecule has 0 aliphatic rings. The van der Waals surface area contributed by atoms with Crippen molar-refractivity contribution in [3.05, 3.63) is 53.1 Å². The van der Waals surface area contributed by atoms with Crippen LogP contribution in [0.15, 0.2) is 47.4 Å². The maximum Gasteiger partial charge on any atom is 0.257 e. The van der Waals surface area contributed by atoms with Gasteiger partial charge in [-0.1, -0.05) is 31.5 Å². The first-order valence-electron chi connectivity index (χ1n) is 9.16. The monoisotopic (exact) mass is 423 g/mol. The second-order valence-corrected chi connectivity index (χ2v) is 8.59. The Labute approximate surface area is 172 Å². The summed E-state index contributed by atoms with van der Waals surface area (Å²) in [5, 5.41) is 2.99. The van der Waals surface area contributed by atoms with Gasteiger partial charge in [0, 0.05) is 38.1 Å². The standard InChI is InChI=1S/C20H26ClN3O3S/c1-5-23(4)16-10-8-9-15(13-16)22-20(25)18-14-17(11-12-19(18)21)28(26,27)24(6-2)7-3/h8-14H,5-7H2,1-4H3,(H,22,25). The van der Waals surface area contributed by atoms with Gasteiger partial charge in [-0.15, -0.1) is 0 Å². The summed E-state index contributed by atoms with van der Waals surface area (Å²) in [4.78, 5) is 14.8. The van der Waals surface area contributed by atoms with Gasteiger partial charge in [-0.25, -0.2) is 8.42 Å². The molecule has 0 bridgehead atoms. The number of anilines is 2. The summed E-state index contributed by atoms with van der Waals surface area (Å²) in [6, 6.07) is 11.6. The molecule has 0 heterocycles. The second kappa shape index (κ2) is 9.41. The molecule has 0 unspecified atom stereocenters. The van der Waals surface area contributed by atoms with Crippen LogP contribution in [-0.4, -0.2) is 45.3 Å². The Morgan fingerprint density at radius 3 is 2.32 bits per heavy atom. The third-order valence-electron chi connectivity index (χ3n) is 4.54. The highest BCUT2D eigenvalue weighted by molar-refractivity contribution is 7.89. The van der Waals surface area contributed by atoms with Crippen LogP contribution in [0.25, 0.3) is 0 Å². The normalized spacial score (nSPS) is 11.5. The lowest BCUT2D eigenvalue weighted by Gasteiger charge is -2.19. The lowest BCUT2D eigenvalue weighted by atomic mass is 10.2. The smallest absolute Gasteiger partial charge is 0.257 e. The Hall–Kier alpha value is -2.09. The van der Waals surface area contributed by atoms with Crippen LogP contribution in [0.3, 0.4) is 0 Å². The number of hydrogen-bond donors (Lipinski definition) is 1. The Morgan fingerprint density at radius 2 is 1.71 bits per heavy atom. The molecule has 0 radical (unpaired) electrons. The van der Waals surface area contributed by atoms with Gasteiger partial charge >= 0.3 is 0 Å². The number of rotatable bonds is 8. The molecule has 8 heteroatoms. The third-order valence-corrected chi connectivity index (χ3v) is 6.92. The van der Waals surface area contributed by atoms with Gasteiger partial charge in [0.25, 0.3) is 5.91 Å². The highest BCUT2D eigenvalue weighted by atomic mass is 35.5. The number of benzene rings is 2. The van der Waals surface area contributed by atoms with Crippen LogP contribution in [0.4, 0.5) is 11.4 Å². The molecule has 1 N–H and O–H groups in total. The van der Waals surface area contributed by atoms with Crippen molar-refractivity contribution in [2.75, 3.05) is 36.9 Å². The molecule has 152 valence electrons. The van der Waals surface area contributed by atoms with Gasteiger partial charge in [-0.3, -0.25) is 4.79 Å². The molecule has 1 amide bonds. The Morgan fingerprint density at radius 1 is 1.04 bits per heavy atom. The van der Waals surface area contributed by atoms with E-state index < -0.39 is 15.9 Å². The van der Waals surface area contributed by atoms with E-state index in [4.69, 9.17) is 11.6 Å². The van der Waals surface area contributed by atoms with Gasteiger partial charge in [0.15, 0.2) is 0 Å². The van der Waals surface area contributed by atoms with E-state index in [0.29, 0.717) is 18.8 Å². The fourth-order valence-electron chi connectivity index (χ4n) is 2.75. The maximum absolute atomic E-state index is 12.8. The average molecular weight is 424 g/mol. The molecule has 0 saturated heterocycles. The fourth-order valence-corrected chi connectivity index (χ4v) is 4.44. The first-order valence-corrected chi connectivity index (χ1v) is 11.0. The summed E-state index contributed by atoms with van der Waals surface area (Å²) in [6.07, 6.45) is 0. The van der Waals surface area contributed by atoms with E-state index in [1.54, 1.807) is 19.9 Å². The molecule has 2 rings (SSSR count). The largest absolute Gasteiger partial charge is 0.375 e. The van der Waals surface area contributed by atoms with E-state index in [0.717, 1.165) is 12.2 Å². The highest BCUT2D eigenvalue weighted by Crippen LogP contribution is 2.25. The predicted octanol–water partition coefficient (Wildman–Crippen LogP) is 4.08. The van der Waals surface area contributed by atoms with Crippen LogP contribution in [0, 0.1) is 0 Å².